The fraction of sp³-hybridized carbons (Fsp3) is 0.448. The van der Waals surface area contributed by atoms with Crippen molar-refractivity contribution in [3.63, 3.8) is 0 Å². The Morgan fingerprint density at radius 2 is 1.77 bits per heavy atom. The summed E-state index contributed by atoms with van der Waals surface area (Å²) >= 11 is 0. The molecule has 3 aliphatic rings. The number of ketones is 3. The Morgan fingerprint density at radius 1 is 1.07 bits per heavy atom. The first-order valence-corrected chi connectivity index (χ1v) is 13.8. The molecule has 0 saturated carbocycles. The Kier molecular flexibility index (Phi) is 8.41. The summed E-state index contributed by atoms with van der Waals surface area (Å²) in [6, 6.07) is 2.98. The number of ether oxygens (including phenoxy) is 2. The molecule has 5 atom stereocenters. The predicted octanol–water partition coefficient (Wildman–Crippen LogP) is 1.64. The summed E-state index contributed by atoms with van der Waals surface area (Å²) in [6.45, 7) is 0.552. The SMILES string of the molecule is CC(=O)C1Cc2c(O)c3c(c(O)c2[C@@H](OC2C[C@H](NC(=O)C(F)(F)F)[C@H](O)CO2)C1)C(=O)c1c(NCCO)cccc1C3=O. The lowest BCUT2D eigenvalue weighted by molar-refractivity contribution is -0.222. The molecule has 2 aromatic rings. The van der Waals surface area contributed by atoms with Gasteiger partial charge in [-0.3, -0.25) is 19.2 Å². The number of benzene rings is 2. The highest BCUT2D eigenvalue weighted by Gasteiger charge is 2.46. The van der Waals surface area contributed by atoms with E-state index in [2.05, 4.69) is 5.32 Å². The van der Waals surface area contributed by atoms with Crippen LogP contribution in [0.15, 0.2) is 18.2 Å². The molecule has 1 heterocycles. The van der Waals surface area contributed by atoms with Gasteiger partial charge in [-0.15, -0.1) is 0 Å². The van der Waals surface area contributed by atoms with Crippen LogP contribution < -0.4 is 10.6 Å². The first-order chi connectivity index (χ1) is 20.7. The van der Waals surface area contributed by atoms with E-state index in [9.17, 15) is 52.8 Å². The average molecular weight is 623 g/mol. The van der Waals surface area contributed by atoms with Gasteiger partial charge in [0.25, 0.3) is 0 Å². The van der Waals surface area contributed by atoms with Crippen LogP contribution in [0.1, 0.15) is 68.8 Å². The lowest BCUT2D eigenvalue weighted by atomic mass is 9.73. The first-order valence-electron chi connectivity index (χ1n) is 13.8. The molecular formula is C29H29F3N2O10. The van der Waals surface area contributed by atoms with Crippen molar-refractivity contribution < 1.29 is 62.2 Å². The molecule has 1 aliphatic heterocycles. The van der Waals surface area contributed by atoms with Gasteiger partial charge >= 0.3 is 12.1 Å². The number of halogens is 3. The average Bonchev–Trinajstić information content (AvgIpc) is 2.97. The van der Waals surface area contributed by atoms with Crippen molar-refractivity contribution in [2.45, 2.75) is 56.9 Å². The number of Topliss-reactive ketones (excluding diaryl/α,β-unsaturated/α-hetero) is 1. The van der Waals surface area contributed by atoms with Crippen molar-refractivity contribution in [3.8, 4) is 11.5 Å². The number of hydrogen-bond acceptors (Lipinski definition) is 11. The van der Waals surface area contributed by atoms with Crippen molar-refractivity contribution in [2.24, 2.45) is 5.92 Å². The fourth-order valence-electron chi connectivity index (χ4n) is 5.95. The number of carbonyl (C=O) groups is 4. The van der Waals surface area contributed by atoms with Crippen molar-refractivity contribution in [3.05, 3.63) is 51.6 Å². The molecule has 2 aliphatic carbocycles. The van der Waals surface area contributed by atoms with Gasteiger partial charge in [-0.25, -0.2) is 0 Å². The van der Waals surface area contributed by atoms with Gasteiger partial charge < -0.3 is 40.5 Å². The third kappa shape index (κ3) is 5.51. The number of carbonyl (C=O) groups excluding carboxylic acids is 4. The summed E-state index contributed by atoms with van der Waals surface area (Å²) < 4.78 is 49.9. The number of phenols is 2. The van der Waals surface area contributed by atoms with E-state index < -0.39 is 89.8 Å². The molecule has 1 amide bonds. The second kappa shape index (κ2) is 11.8. The van der Waals surface area contributed by atoms with Gasteiger partial charge in [-0.2, -0.15) is 13.2 Å². The van der Waals surface area contributed by atoms with Crippen LogP contribution in [0.2, 0.25) is 0 Å². The zero-order valence-electron chi connectivity index (χ0n) is 23.2. The second-order valence-electron chi connectivity index (χ2n) is 10.9. The maximum absolute atomic E-state index is 13.8. The Bertz CT molecular complexity index is 1540. The number of aromatic hydroxyl groups is 2. The highest BCUT2D eigenvalue weighted by Crippen LogP contribution is 2.51. The molecule has 2 unspecified atom stereocenters. The fourth-order valence-corrected chi connectivity index (χ4v) is 5.95. The Labute approximate surface area is 247 Å². The van der Waals surface area contributed by atoms with Gasteiger partial charge in [0, 0.05) is 41.3 Å². The van der Waals surface area contributed by atoms with Crippen molar-refractivity contribution in [2.75, 3.05) is 25.1 Å². The quantitative estimate of drug-likeness (QED) is 0.210. The molecule has 0 aromatic heterocycles. The Balaban J connectivity index is 1.55. The molecule has 44 heavy (non-hydrogen) atoms. The molecule has 5 rings (SSSR count). The van der Waals surface area contributed by atoms with E-state index in [1.807, 2.05) is 0 Å². The summed E-state index contributed by atoms with van der Waals surface area (Å²) in [6.07, 6.45) is -9.94. The molecule has 236 valence electrons. The van der Waals surface area contributed by atoms with Crippen LogP contribution in [-0.2, 0) is 25.5 Å². The molecule has 0 radical (unpaired) electrons. The topological polar surface area (TPSA) is 192 Å². The molecule has 12 nitrogen and oxygen atoms in total. The van der Waals surface area contributed by atoms with Crippen LogP contribution in [-0.4, -0.2) is 88.1 Å². The standard InChI is InChI=1S/C29H29F3N2O10/c1-11(36)12-7-14-21(18(8-12)44-19-9-16(17(37)10-43-19)34-28(42)29(30,31)32)27(41)23-22(25(14)39)24(38)13-3-2-4-15(33-5-6-35)20(13)26(23)40/h2-4,12,16-19,33,35,37,39,41H,5-10H2,1H3,(H,34,42)/t12?,16-,17+,18-,19?/m0/s1. The number of alkyl halides is 3. The third-order valence-corrected chi connectivity index (χ3v) is 8.11. The maximum atomic E-state index is 13.8. The second-order valence-corrected chi connectivity index (χ2v) is 10.9. The molecule has 1 fully saturated rings. The summed E-state index contributed by atoms with van der Waals surface area (Å²) in [7, 11) is 0. The molecule has 0 spiro atoms. The van der Waals surface area contributed by atoms with Gasteiger partial charge in [0.2, 0.25) is 0 Å². The normalized spacial score (nSPS) is 24.6. The van der Waals surface area contributed by atoms with Crippen LogP contribution in [0.25, 0.3) is 0 Å². The van der Waals surface area contributed by atoms with Crippen molar-refractivity contribution >= 4 is 28.9 Å². The number of nitrogens with one attached hydrogen (secondary N) is 2. The van der Waals surface area contributed by atoms with Crippen LogP contribution in [0.3, 0.4) is 0 Å². The van der Waals surface area contributed by atoms with Crippen molar-refractivity contribution in [1.29, 1.82) is 0 Å². The Morgan fingerprint density at radius 3 is 2.43 bits per heavy atom. The van der Waals surface area contributed by atoms with E-state index >= 15 is 0 Å². The molecule has 6 N–H and O–H groups in total. The van der Waals surface area contributed by atoms with E-state index in [0.717, 1.165) is 0 Å². The highest BCUT2D eigenvalue weighted by molar-refractivity contribution is 6.32. The number of fused-ring (bicyclic) bond motifs is 3. The summed E-state index contributed by atoms with van der Waals surface area (Å²) in [5, 5.41) is 46.8. The van der Waals surface area contributed by atoms with E-state index in [0.29, 0.717) is 0 Å². The van der Waals surface area contributed by atoms with Gasteiger partial charge in [0.05, 0.1) is 48.2 Å². The highest BCUT2D eigenvalue weighted by atomic mass is 19.4. The van der Waals surface area contributed by atoms with Gasteiger partial charge in [-0.1, -0.05) is 12.1 Å². The molecule has 1 saturated heterocycles. The molecule has 15 heteroatoms. The van der Waals surface area contributed by atoms with Crippen LogP contribution >= 0.6 is 0 Å². The molecule has 2 aromatic carbocycles. The minimum absolute atomic E-state index is 0.0189. The van der Waals surface area contributed by atoms with Gasteiger partial charge in [-0.05, 0) is 25.8 Å². The van der Waals surface area contributed by atoms with Gasteiger partial charge in [0.1, 0.15) is 17.3 Å². The zero-order chi connectivity index (χ0) is 32.1. The van der Waals surface area contributed by atoms with E-state index in [4.69, 9.17) is 9.47 Å². The number of aliphatic hydroxyl groups is 2. The number of rotatable bonds is 7. The molecular weight excluding hydrogens is 593 g/mol. The third-order valence-electron chi connectivity index (χ3n) is 8.11. The zero-order valence-corrected chi connectivity index (χ0v) is 23.2. The van der Waals surface area contributed by atoms with E-state index in [-0.39, 0.29) is 59.7 Å². The minimum atomic E-state index is -5.20. The number of hydrogen-bond donors (Lipinski definition) is 6. The number of anilines is 1. The largest absolute Gasteiger partial charge is 0.507 e. The monoisotopic (exact) mass is 622 g/mol. The lowest BCUT2D eigenvalue weighted by Gasteiger charge is -2.39. The minimum Gasteiger partial charge on any atom is -0.507 e. The predicted molar refractivity (Wildman–Crippen MR) is 143 cm³/mol. The van der Waals surface area contributed by atoms with Crippen LogP contribution in [0.5, 0.6) is 11.5 Å². The summed E-state index contributed by atoms with van der Waals surface area (Å²) in [4.78, 5) is 51.4. The molecule has 0 bridgehead atoms. The van der Waals surface area contributed by atoms with E-state index in [1.54, 1.807) is 5.32 Å². The van der Waals surface area contributed by atoms with Crippen LogP contribution in [0, 0.1) is 5.92 Å². The van der Waals surface area contributed by atoms with Crippen molar-refractivity contribution in [1.82, 2.24) is 5.32 Å². The number of amides is 1. The lowest BCUT2D eigenvalue weighted by Crippen LogP contribution is -2.54. The maximum Gasteiger partial charge on any atom is 0.471 e. The number of phenolic OH excluding ortho intramolecular Hbond substituents is 2. The summed E-state index contributed by atoms with van der Waals surface area (Å²) in [5.74, 6) is -6.23. The first kappa shape index (κ1) is 31.4. The van der Waals surface area contributed by atoms with Gasteiger partial charge in [0.15, 0.2) is 17.9 Å². The summed E-state index contributed by atoms with van der Waals surface area (Å²) in [5.41, 5.74) is -0.994. The van der Waals surface area contributed by atoms with E-state index in [1.165, 1.54) is 25.1 Å². The van der Waals surface area contributed by atoms with Crippen LogP contribution in [0.4, 0.5) is 18.9 Å². The smallest absolute Gasteiger partial charge is 0.471 e. The number of aliphatic hydroxyl groups excluding tert-OH is 2. The Hall–Kier alpha value is -4.05.